The highest BCUT2D eigenvalue weighted by atomic mass is 35.5. The van der Waals surface area contributed by atoms with Crippen molar-refractivity contribution in [2.45, 2.75) is 13.1 Å². The lowest BCUT2D eigenvalue weighted by Gasteiger charge is -2.06. The SMILES string of the molecule is O/N=C(\Cn1cncn1)c1ccc(Cl)cc1.O/N=C(\Cn1cncn1)c1ccc(Cl)cc1Cl. The Labute approximate surface area is 203 Å². The maximum Gasteiger partial charge on any atom is 0.137 e. The molecule has 0 aliphatic heterocycles. The minimum Gasteiger partial charge on any atom is -0.411 e. The highest BCUT2D eigenvalue weighted by Crippen LogP contribution is 2.22. The number of hydrogen-bond acceptors (Lipinski definition) is 8. The third kappa shape index (κ3) is 7.01. The topological polar surface area (TPSA) is 127 Å². The zero-order chi connectivity index (χ0) is 23.6. The summed E-state index contributed by atoms with van der Waals surface area (Å²) >= 11 is 17.6. The van der Waals surface area contributed by atoms with Gasteiger partial charge in [0.15, 0.2) is 0 Å². The van der Waals surface area contributed by atoms with E-state index in [0.29, 0.717) is 38.6 Å². The first-order valence-corrected chi connectivity index (χ1v) is 10.4. The van der Waals surface area contributed by atoms with E-state index in [-0.39, 0.29) is 6.54 Å². The second kappa shape index (κ2) is 12.0. The number of hydrogen-bond donors (Lipinski definition) is 2. The Morgan fingerprint density at radius 3 is 1.79 bits per heavy atom. The van der Waals surface area contributed by atoms with Gasteiger partial charge in [-0.2, -0.15) is 10.2 Å². The molecule has 10 nitrogen and oxygen atoms in total. The number of nitrogens with zero attached hydrogens (tertiary/aromatic N) is 8. The third-order valence-corrected chi connectivity index (χ3v) is 5.02. The van der Waals surface area contributed by atoms with Crippen molar-refractivity contribution in [3.63, 3.8) is 0 Å². The first-order chi connectivity index (χ1) is 16.0. The van der Waals surface area contributed by atoms with Gasteiger partial charge in [0.2, 0.25) is 0 Å². The number of oxime groups is 2. The van der Waals surface area contributed by atoms with Crippen molar-refractivity contribution < 1.29 is 10.4 Å². The molecular weight excluding hydrogens is 491 g/mol. The van der Waals surface area contributed by atoms with E-state index in [1.165, 1.54) is 23.7 Å². The number of halogens is 3. The van der Waals surface area contributed by atoms with Gasteiger partial charge in [0.25, 0.3) is 0 Å². The van der Waals surface area contributed by atoms with E-state index in [0.717, 1.165) is 5.56 Å². The molecule has 2 heterocycles. The van der Waals surface area contributed by atoms with E-state index in [2.05, 4.69) is 30.5 Å². The summed E-state index contributed by atoms with van der Waals surface area (Å²) in [6.45, 7) is 0.635. The van der Waals surface area contributed by atoms with Gasteiger partial charge in [0, 0.05) is 21.2 Å². The van der Waals surface area contributed by atoms with Crippen LogP contribution >= 0.6 is 34.8 Å². The highest BCUT2D eigenvalue weighted by Gasteiger charge is 2.11. The minimum atomic E-state index is 0.276. The van der Waals surface area contributed by atoms with Crippen LogP contribution in [0.15, 0.2) is 78.1 Å². The van der Waals surface area contributed by atoms with E-state index in [4.69, 9.17) is 45.2 Å². The van der Waals surface area contributed by atoms with Crippen LogP contribution < -0.4 is 0 Å². The Morgan fingerprint density at radius 1 is 0.758 bits per heavy atom. The average molecular weight is 508 g/mol. The van der Waals surface area contributed by atoms with Crippen LogP contribution in [0, 0.1) is 0 Å². The minimum absolute atomic E-state index is 0.276. The van der Waals surface area contributed by atoms with Crippen molar-refractivity contribution in [3.8, 4) is 0 Å². The van der Waals surface area contributed by atoms with Crippen LogP contribution in [0.5, 0.6) is 0 Å². The molecule has 13 heteroatoms. The molecule has 0 aliphatic rings. The largest absolute Gasteiger partial charge is 0.411 e. The zero-order valence-corrected chi connectivity index (χ0v) is 19.1. The molecule has 0 fully saturated rings. The van der Waals surface area contributed by atoms with Crippen LogP contribution in [0.1, 0.15) is 11.1 Å². The van der Waals surface area contributed by atoms with E-state index < -0.39 is 0 Å². The first kappa shape index (κ1) is 24.2. The molecule has 2 N–H and O–H groups in total. The van der Waals surface area contributed by atoms with Crippen molar-refractivity contribution in [3.05, 3.63) is 94.0 Å². The lowest BCUT2D eigenvalue weighted by molar-refractivity contribution is 0.317. The van der Waals surface area contributed by atoms with Crippen molar-refractivity contribution >= 4 is 46.2 Å². The molecule has 0 amide bonds. The summed E-state index contributed by atoms with van der Waals surface area (Å²) in [6.07, 6.45) is 5.91. The van der Waals surface area contributed by atoms with E-state index in [1.807, 2.05) is 0 Å². The lowest BCUT2D eigenvalue weighted by atomic mass is 10.1. The van der Waals surface area contributed by atoms with Crippen molar-refractivity contribution in [2.24, 2.45) is 10.3 Å². The Kier molecular flexibility index (Phi) is 8.76. The summed E-state index contributed by atoms with van der Waals surface area (Å²) in [5, 5.41) is 33.9. The third-order valence-electron chi connectivity index (χ3n) is 4.22. The van der Waals surface area contributed by atoms with Gasteiger partial charge in [-0.3, -0.25) is 0 Å². The normalized spacial score (nSPS) is 11.7. The van der Waals surface area contributed by atoms with Gasteiger partial charge in [-0.05, 0) is 30.3 Å². The van der Waals surface area contributed by atoms with Gasteiger partial charge < -0.3 is 10.4 Å². The molecule has 0 bridgehead atoms. The molecule has 170 valence electrons. The Bertz CT molecular complexity index is 1210. The summed E-state index contributed by atoms with van der Waals surface area (Å²) in [6, 6.07) is 12.0. The molecule has 0 spiro atoms. The van der Waals surface area contributed by atoms with E-state index in [9.17, 15) is 0 Å². The number of rotatable bonds is 6. The molecule has 4 aromatic rings. The maximum atomic E-state index is 9.01. The van der Waals surface area contributed by atoms with Gasteiger partial charge >= 0.3 is 0 Å². The standard InChI is InChI=1S/C10H8Cl2N4O.C10H9ClN4O/c11-7-1-2-8(9(12)3-7)10(15-17)4-16-6-13-5-14-16;11-9-3-1-8(2-4-9)10(14-16)5-15-7-12-6-13-15/h1-3,5-6,17H,4H2;1-4,6-7,16H,5H2/b15-10+;14-10+. The first-order valence-electron chi connectivity index (χ1n) is 9.28. The van der Waals surface area contributed by atoms with Gasteiger partial charge in [-0.25, -0.2) is 19.3 Å². The van der Waals surface area contributed by atoms with Gasteiger partial charge in [0.05, 0.1) is 18.1 Å². The highest BCUT2D eigenvalue weighted by molar-refractivity contribution is 6.37. The Balaban J connectivity index is 0.000000186. The number of aromatic nitrogens is 6. The summed E-state index contributed by atoms with van der Waals surface area (Å²) in [5.41, 5.74) is 2.29. The molecule has 0 saturated carbocycles. The summed E-state index contributed by atoms with van der Waals surface area (Å²) < 4.78 is 3.10. The fourth-order valence-corrected chi connectivity index (χ4v) is 3.30. The molecular formula is C20H17Cl3N8O2. The Hall–Kier alpha value is -3.47. The molecule has 4 rings (SSSR count). The second-order valence-corrected chi connectivity index (χ2v) is 7.69. The quantitative estimate of drug-likeness (QED) is 0.228. The molecule has 33 heavy (non-hydrogen) atoms. The van der Waals surface area contributed by atoms with Crippen molar-refractivity contribution in [1.82, 2.24) is 29.5 Å². The predicted octanol–water partition coefficient (Wildman–Crippen LogP) is 4.27. The fourth-order valence-electron chi connectivity index (χ4n) is 2.65. The predicted molar refractivity (Wildman–Crippen MR) is 125 cm³/mol. The Morgan fingerprint density at radius 2 is 1.30 bits per heavy atom. The summed E-state index contributed by atoms with van der Waals surface area (Å²) in [5.74, 6) is 0. The van der Waals surface area contributed by atoms with Gasteiger partial charge in [0.1, 0.15) is 36.7 Å². The number of benzene rings is 2. The van der Waals surface area contributed by atoms with Gasteiger partial charge in [-0.15, -0.1) is 0 Å². The molecule has 0 saturated heterocycles. The van der Waals surface area contributed by atoms with Gasteiger partial charge in [-0.1, -0.05) is 57.2 Å². The molecule has 0 atom stereocenters. The lowest BCUT2D eigenvalue weighted by Crippen LogP contribution is -2.12. The smallest absolute Gasteiger partial charge is 0.137 e. The van der Waals surface area contributed by atoms with Crippen molar-refractivity contribution in [1.29, 1.82) is 0 Å². The van der Waals surface area contributed by atoms with Crippen LogP contribution in [-0.4, -0.2) is 51.4 Å². The molecule has 0 aliphatic carbocycles. The average Bonchev–Trinajstić information content (AvgIpc) is 3.52. The van der Waals surface area contributed by atoms with Crippen LogP contribution in [0.25, 0.3) is 0 Å². The monoisotopic (exact) mass is 506 g/mol. The van der Waals surface area contributed by atoms with E-state index in [1.54, 1.807) is 53.5 Å². The summed E-state index contributed by atoms with van der Waals surface area (Å²) in [4.78, 5) is 7.61. The molecule has 0 unspecified atom stereocenters. The molecule has 2 aromatic heterocycles. The molecule has 2 aromatic carbocycles. The summed E-state index contributed by atoms with van der Waals surface area (Å²) in [7, 11) is 0. The zero-order valence-electron chi connectivity index (χ0n) is 16.9. The second-order valence-electron chi connectivity index (χ2n) is 6.41. The van der Waals surface area contributed by atoms with Crippen LogP contribution in [0.2, 0.25) is 15.1 Å². The van der Waals surface area contributed by atoms with Crippen LogP contribution in [-0.2, 0) is 13.1 Å². The fraction of sp³-hybridized carbons (Fsp3) is 0.100. The van der Waals surface area contributed by atoms with Crippen molar-refractivity contribution in [2.75, 3.05) is 0 Å². The molecule has 0 radical (unpaired) electrons. The van der Waals surface area contributed by atoms with Crippen LogP contribution in [0.3, 0.4) is 0 Å². The van der Waals surface area contributed by atoms with Crippen LogP contribution in [0.4, 0.5) is 0 Å². The van der Waals surface area contributed by atoms with E-state index >= 15 is 0 Å². The maximum absolute atomic E-state index is 9.01.